The first-order chi connectivity index (χ1) is 17.4. The summed E-state index contributed by atoms with van der Waals surface area (Å²) in [5, 5.41) is 0. The number of amides is 1. The molecule has 0 unspecified atom stereocenters. The van der Waals surface area contributed by atoms with Gasteiger partial charge in [0.2, 0.25) is 5.91 Å². The highest BCUT2D eigenvalue weighted by Crippen LogP contribution is 2.34. The van der Waals surface area contributed by atoms with Crippen LogP contribution in [-0.4, -0.2) is 34.9 Å². The van der Waals surface area contributed by atoms with E-state index in [9.17, 15) is 9.59 Å². The van der Waals surface area contributed by atoms with Crippen LogP contribution in [0.2, 0.25) is 0 Å². The van der Waals surface area contributed by atoms with Crippen molar-refractivity contribution in [2.75, 3.05) is 7.11 Å². The van der Waals surface area contributed by atoms with Gasteiger partial charge in [-0.05, 0) is 35.1 Å². The largest absolute Gasteiger partial charge is 0.467 e. The molecule has 1 aromatic heterocycles. The third-order valence-corrected chi connectivity index (χ3v) is 6.15. The van der Waals surface area contributed by atoms with Crippen molar-refractivity contribution < 1.29 is 14.3 Å². The van der Waals surface area contributed by atoms with E-state index in [4.69, 9.17) is 11.3 Å². The summed E-state index contributed by atoms with van der Waals surface area (Å²) in [6.45, 7) is 13.7. The molecule has 3 aromatic rings. The third-order valence-electron chi connectivity index (χ3n) is 6.15. The van der Waals surface area contributed by atoms with E-state index in [1.165, 1.54) is 7.11 Å². The van der Waals surface area contributed by atoms with Gasteiger partial charge < -0.3 is 9.64 Å². The molecule has 1 atom stereocenters. The van der Waals surface area contributed by atoms with Crippen molar-refractivity contribution >= 4 is 17.6 Å². The molecule has 186 valence electrons. The second kappa shape index (κ2) is 12.6. The Balaban J connectivity index is 1.92. The molecule has 0 radical (unpaired) electrons. The van der Waals surface area contributed by atoms with Gasteiger partial charge in [-0.2, -0.15) is 0 Å². The predicted molar refractivity (Wildman–Crippen MR) is 142 cm³/mol. The summed E-state index contributed by atoms with van der Waals surface area (Å²) in [7, 11) is 1.35. The Morgan fingerprint density at radius 3 is 2.39 bits per heavy atom. The number of carbonyl (C=O) groups excluding carboxylic acids is 2. The Hall–Kier alpha value is -3.98. The van der Waals surface area contributed by atoms with Crippen LogP contribution in [0.15, 0.2) is 66.9 Å². The number of nitrogens with zero attached hydrogens (tertiary/aromatic N) is 3. The van der Waals surface area contributed by atoms with Crippen molar-refractivity contribution in [3.8, 4) is 22.4 Å². The Labute approximate surface area is 213 Å². The molecule has 0 N–H and O–H groups in total. The maximum Gasteiger partial charge on any atom is 0.328 e. The van der Waals surface area contributed by atoms with Gasteiger partial charge in [-0.25, -0.2) is 9.64 Å². The second-order valence-electron chi connectivity index (χ2n) is 9.10. The summed E-state index contributed by atoms with van der Waals surface area (Å²) in [6, 6.07) is 18.8. The average molecular weight is 484 g/mol. The summed E-state index contributed by atoms with van der Waals surface area (Å²) in [6.07, 6.45) is 3.75. The van der Waals surface area contributed by atoms with Gasteiger partial charge in [-0.1, -0.05) is 81.8 Å². The molecule has 0 aliphatic rings. The minimum Gasteiger partial charge on any atom is -0.467 e. The molecule has 0 aliphatic heterocycles. The third kappa shape index (κ3) is 6.37. The summed E-state index contributed by atoms with van der Waals surface area (Å²) in [5.74, 6) is -0.591. The first-order valence-corrected chi connectivity index (χ1v) is 12.3. The molecular weight excluding hydrogens is 450 g/mol. The number of ether oxygens (including phenoxy) is 1. The zero-order valence-corrected chi connectivity index (χ0v) is 21.4. The summed E-state index contributed by atoms with van der Waals surface area (Å²) in [5.41, 5.74) is 4.84. The van der Waals surface area contributed by atoms with Crippen LogP contribution in [0.5, 0.6) is 0 Å². The first-order valence-electron chi connectivity index (χ1n) is 12.3. The fourth-order valence-corrected chi connectivity index (χ4v) is 4.22. The number of hydrogen-bond donors (Lipinski definition) is 0. The van der Waals surface area contributed by atoms with Gasteiger partial charge in [-0.15, -0.1) is 0 Å². The van der Waals surface area contributed by atoms with Crippen LogP contribution < -0.4 is 0 Å². The van der Waals surface area contributed by atoms with E-state index in [-0.39, 0.29) is 18.4 Å². The van der Waals surface area contributed by atoms with Crippen molar-refractivity contribution in [2.24, 2.45) is 5.92 Å². The molecule has 1 heterocycles. The maximum atomic E-state index is 13.1. The van der Waals surface area contributed by atoms with Crippen molar-refractivity contribution in [2.45, 2.75) is 52.6 Å². The number of methoxy groups -OCH3 is 1. The molecule has 0 saturated heterocycles. The van der Waals surface area contributed by atoms with Crippen LogP contribution in [0.25, 0.3) is 27.2 Å². The molecule has 36 heavy (non-hydrogen) atoms. The number of hydrogen-bond acceptors (Lipinski definition) is 4. The van der Waals surface area contributed by atoms with Crippen molar-refractivity contribution in [1.29, 1.82) is 0 Å². The minimum atomic E-state index is -0.671. The zero-order chi connectivity index (χ0) is 26.1. The van der Waals surface area contributed by atoms with E-state index in [1.54, 1.807) is 11.1 Å². The summed E-state index contributed by atoms with van der Waals surface area (Å²) >= 11 is 0. The lowest BCUT2D eigenvalue weighted by Crippen LogP contribution is -2.48. The van der Waals surface area contributed by atoms with Crippen LogP contribution in [0.3, 0.4) is 0 Å². The van der Waals surface area contributed by atoms with Gasteiger partial charge in [0.05, 0.1) is 19.4 Å². The minimum absolute atomic E-state index is 0.0733. The molecule has 0 fully saturated rings. The quantitative estimate of drug-likeness (QED) is 0.238. The first kappa shape index (κ1) is 26.6. The Kier molecular flexibility index (Phi) is 9.35. The number of pyridine rings is 1. The van der Waals surface area contributed by atoms with Gasteiger partial charge in [0, 0.05) is 24.7 Å². The van der Waals surface area contributed by atoms with Crippen LogP contribution in [0.4, 0.5) is 5.69 Å². The second-order valence-corrected chi connectivity index (χ2v) is 9.10. The fourth-order valence-electron chi connectivity index (χ4n) is 4.22. The van der Waals surface area contributed by atoms with Gasteiger partial charge in [0.15, 0.2) is 5.69 Å². The highest BCUT2D eigenvalue weighted by atomic mass is 16.5. The van der Waals surface area contributed by atoms with Crippen LogP contribution in [0.1, 0.15) is 45.6 Å². The monoisotopic (exact) mass is 483 g/mol. The molecule has 0 spiro atoms. The summed E-state index contributed by atoms with van der Waals surface area (Å²) in [4.78, 5) is 35.6. The molecule has 2 aromatic carbocycles. The van der Waals surface area contributed by atoms with Gasteiger partial charge in [-0.3, -0.25) is 9.78 Å². The van der Waals surface area contributed by atoms with E-state index in [2.05, 4.69) is 9.83 Å². The standard InChI is InChI=1S/C30H33N3O3/c1-6-7-13-28(34)33(29(21(2)3)30(35)36-5)20-22-14-16-27(32-19-22)25-18-24(15-17-26(25)31-4)23-11-9-8-10-12-23/h8-12,14-19,21,29H,6-7,13,20H2,1-3,5H3/t29-/m0/s1. The number of aromatic nitrogens is 1. The van der Waals surface area contributed by atoms with Gasteiger partial charge in [0.1, 0.15) is 6.04 Å². The Bertz CT molecular complexity index is 1210. The van der Waals surface area contributed by atoms with Crippen LogP contribution in [0, 0.1) is 12.5 Å². The lowest BCUT2D eigenvalue weighted by Gasteiger charge is -2.32. The number of unbranched alkanes of at least 4 members (excludes halogenated alkanes) is 1. The topological polar surface area (TPSA) is 63.9 Å². The number of benzene rings is 2. The number of esters is 1. The van der Waals surface area contributed by atoms with Crippen molar-refractivity contribution in [1.82, 2.24) is 9.88 Å². The van der Waals surface area contributed by atoms with E-state index in [0.29, 0.717) is 17.8 Å². The Morgan fingerprint density at radius 2 is 1.81 bits per heavy atom. The zero-order valence-electron chi connectivity index (χ0n) is 21.4. The highest BCUT2D eigenvalue weighted by molar-refractivity contribution is 5.85. The van der Waals surface area contributed by atoms with E-state index in [1.807, 2.05) is 81.4 Å². The van der Waals surface area contributed by atoms with Gasteiger partial charge in [0.25, 0.3) is 0 Å². The summed E-state index contributed by atoms with van der Waals surface area (Å²) < 4.78 is 5.02. The maximum absolute atomic E-state index is 13.1. The Morgan fingerprint density at radius 1 is 1.06 bits per heavy atom. The normalized spacial score (nSPS) is 11.6. The SMILES string of the molecule is [C-]#[N+]c1ccc(-c2ccccc2)cc1-c1ccc(CN(C(=O)CCCC)[C@H](C(=O)OC)C(C)C)cn1. The van der Waals surface area contributed by atoms with E-state index in [0.717, 1.165) is 35.1 Å². The molecule has 0 bridgehead atoms. The lowest BCUT2D eigenvalue weighted by molar-refractivity contribution is -0.155. The molecular formula is C30H33N3O3. The molecule has 6 heteroatoms. The van der Waals surface area contributed by atoms with Crippen molar-refractivity contribution in [3.05, 3.63) is 83.8 Å². The number of carbonyl (C=O) groups is 2. The molecule has 6 nitrogen and oxygen atoms in total. The predicted octanol–water partition coefficient (Wildman–Crippen LogP) is 6.68. The van der Waals surface area contributed by atoms with Crippen LogP contribution in [-0.2, 0) is 20.9 Å². The molecule has 1 amide bonds. The molecule has 0 saturated carbocycles. The molecule has 0 aliphatic carbocycles. The highest BCUT2D eigenvalue weighted by Gasteiger charge is 2.33. The average Bonchev–Trinajstić information content (AvgIpc) is 2.91. The van der Waals surface area contributed by atoms with E-state index < -0.39 is 12.0 Å². The van der Waals surface area contributed by atoms with Gasteiger partial charge >= 0.3 is 5.97 Å². The van der Waals surface area contributed by atoms with Crippen LogP contribution >= 0.6 is 0 Å². The fraction of sp³-hybridized carbons (Fsp3) is 0.333. The lowest BCUT2D eigenvalue weighted by atomic mass is 9.99. The smallest absolute Gasteiger partial charge is 0.328 e. The van der Waals surface area contributed by atoms with E-state index >= 15 is 0 Å². The van der Waals surface area contributed by atoms with Crippen molar-refractivity contribution in [3.63, 3.8) is 0 Å². The molecule has 3 rings (SSSR count). The number of rotatable bonds is 10.